The van der Waals surface area contributed by atoms with Crippen LogP contribution in [0.2, 0.25) is 0 Å². The summed E-state index contributed by atoms with van der Waals surface area (Å²) in [4.78, 5) is 12.6. The van der Waals surface area contributed by atoms with Crippen LogP contribution in [0.15, 0.2) is 51.7 Å². The molecule has 0 aliphatic heterocycles. The first-order valence-corrected chi connectivity index (χ1v) is 6.42. The van der Waals surface area contributed by atoms with Gasteiger partial charge in [-0.3, -0.25) is 4.79 Å². The van der Waals surface area contributed by atoms with Gasteiger partial charge in [-0.05, 0) is 35.9 Å². The Balaban J connectivity index is 2.40. The molecule has 21 heavy (non-hydrogen) atoms. The highest BCUT2D eigenvalue weighted by Crippen LogP contribution is 2.26. The molecule has 1 aromatic heterocycles. The van der Waals surface area contributed by atoms with Crippen molar-refractivity contribution >= 4 is 11.0 Å². The molecule has 0 aliphatic carbocycles. The molecule has 2 aromatic carbocycles. The fourth-order valence-corrected chi connectivity index (χ4v) is 2.31. The summed E-state index contributed by atoms with van der Waals surface area (Å²) in [5.74, 6) is -0.633. The van der Waals surface area contributed by atoms with Crippen LogP contribution in [0, 0.1) is 18.1 Å². The second kappa shape index (κ2) is 5.13. The number of fused-ring (bicyclic) bond motifs is 1. The van der Waals surface area contributed by atoms with E-state index < -0.39 is 11.6 Å². The van der Waals surface area contributed by atoms with Crippen molar-refractivity contribution in [3.05, 3.63) is 76.5 Å². The minimum Gasteiger partial charge on any atom is -0.460 e. The maximum atomic E-state index is 13.4. The fourth-order valence-electron chi connectivity index (χ4n) is 2.31. The molecule has 0 atom stereocenters. The zero-order valence-electron chi connectivity index (χ0n) is 11.2. The van der Waals surface area contributed by atoms with E-state index in [2.05, 4.69) is 0 Å². The summed E-state index contributed by atoms with van der Waals surface area (Å²) in [6, 6.07) is 9.45. The third-order valence-electron chi connectivity index (χ3n) is 3.26. The summed E-state index contributed by atoms with van der Waals surface area (Å²) in [6.45, 7) is 1.72. The van der Waals surface area contributed by atoms with Gasteiger partial charge in [0.25, 0.3) is 0 Å². The molecule has 0 amide bonds. The molecular weight excluding hydrogens is 274 g/mol. The molecule has 2 nitrogen and oxygen atoms in total. The van der Waals surface area contributed by atoms with Crippen molar-refractivity contribution in [2.24, 2.45) is 0 Å². The molecule has 0 unspecified atom stereocenters. The molecule has 0 spiro atoms. The van der Waals surface area contributed by atoms with E-state index in [1.165, 1.54) is 30.3 Å². The van der Waals surface area contributed by atoms with Crippen molar-refractivity contribution in [2.45, 2.75) is 6.92 Å². The quantitative estimate of drug-likeness (QED) is 0.702. The van der Waals surface area contributed by atoms with E-state index in [1.54, 1.807) is 19.4 Å². The molecule has 0 aliphatic rings. The summed E-state index contributed by atoms with van der Waals surface area (Å²) in [6.07, 6.45) is 1.63. The highest BCUT2D eigenvalue weighted by atomic mass is 19.1. The van der Waals surface area contributed by atoms with Gasteiger partial charge in [0.2, 0.25) is 5.43 Å². The van der Waals surface area contributed by atoms with Gasteiger partial charge in [0.15, 0.2) is 0 Å². The summed E-state index contributed by atoms with van der Waals surface area (Å²) in [5.41, 5.74) is 0.558. The molecule has 3 aromatic rings. The first-order valence-electron chi connectivity index (χ1n) is 6.42. The van der Waals surface area contributed by atoms with E-state index in [9.17, 15) is 13.6 Å². The van der Waals surface area contributed by atoms with Crippen molar-refractivity contribution in [3.8, 4) is 11.1 Å². The molecule has 1 radical (unpaired) electrons. The second-order valence-electron chi connectivity index (χ2n) is 4.61. The Kier molecular flexibility index (Phi) is 3.29. The standard InChI is InChI=1S/C17H11F2O2/c1-2-14-16(10-4-3-5-11(18)8-10)17(20)13-9-12(19)6-7-15(13)21-14/h2-9H,1H3. The maximum absolute atomic E-state index is 13.4. The first kappa shape index (κ1) is 13.5. The average molecular weight is 285 g/mol. The van der Waals surface area contributed by atoms with Crippen molar-refractivity contribution in [1.29, 1.82) is 0 Å². The molecule has 0 N–H and O–H groups in total. The van der Waals surface area contributed by atoms with Crippen molar-refractivity contribution in [1.82, 2.24) is 0 Å². The predicted molar refractivity (Wildman–Crippen MR) is 76.9 cm³/mol. The Hall–Kier alpha value is -2.49. The van der Waals surface area contributed by atoms with Gasteiger partial charge in [-0.2, -0.15) is 0 Å². The van der Waals surface area contributed by atoms with Crippen LogP contribution in [0.5, 0.6) is 0 Å². The Morgan fingerprint density at radius 3 is 2.52 bits per heavy atom. The Bertz CT molecular complexity index is 882. The predicted octanol–water partition coefficient (Wildman–Crippen LogP) is 4.31. The largest absolute Gasteiger partial charge is 0.460 e. The SMILES string of the molecule is C[CH]c1oc2ccc(F)cc2c(=O)c1-c1cccc(F)c1. The highest BCUT2D eigenvalue weighted by molar-refractivity contribution is 5.83. The topological polar surface area (TPSA) is 30.2 Å². The van der Waals surface area contributed by atoms with E-state index >= 15 is 0 Å². The lowest BCUT2D eigenvalue weighted by atomic mass is 10.0. The summed E-state index contributed by atoms with van der Waals surface area (Å²) >= 11 is 0. The summed E-state index contributed by atoms with van der Waals surface area (Å²) in [7, 11) is 0. The van der Waals surface area contributed by atoms with Crippen LogP contribution in [-0.4, -0.2) is 0 Å². The van der Waals surface area contributed by atoms with E-state index in [4.69, 9.17) is 4.42 Å². The molecule has 105 valence electrons. The molecule has 0 saturated heterocycles. The van der Waals surface area contributed by atoms with Gasteiger partial charge in [-0.1, -0.05) is 19.1 Å². The van der Waals surface area contributed by atoms with Gasteiger partial charge in [0.05, 0.1) is 10.9 Å². The molecule has 1 heterocycles. The minimum atomic E-state index is -0.520. The molecular formula is C17H11F2O2. The van der Waals surface area contributed by atoms with Crippen LogP contribution in [0.3, 0.4) is 0 Å². The number of rotatable bonds is 2. The number of hydrogen-bond donors (Lipinski definition) is 0. The normalized spacial score (nSPS) is 11.0. The minimum absolute atomic E-state index is 0.139. The number of hydrogen-bond acceptors (Lipinski definition) is 2. The smallest absolute Gasteiger partial charge is 0.200 e. The summed E-state index contributed by atoms with van der Waals surface area (Å²) in [5, 5.41) is 0.139. The van der Waals surface area contributed by atoms with Crippen LogP contribution in [0.1, 0.15) is 12.7 Å². The van der Waals surface area contributed by atoms with Crippen LogP contribution in [0.25, 0.3) is 22.1 Å². The van der Waals surface area contributed by atoms with Crippen LogP contribution in [0.4, 0.5) is 8.78 Å². The highest BCUT2D eigenvalue weighted by Gasteiger charge is 2.16. The average Bonchev–Trinajstić information content (AvgIpc) is 2.47. The number of halogens is 2. The molecule has 0 saturated carbocycles. The molecule has 3 rings (SSSR count). The van der Waals surface area contributed by atoms with E-state index in [1.807, 2.05) is 0 Å². The lowest BCUT2D eigenvalue weighted by Gasteiger charge is -2.08. The summed E-state index contributed by atoms with van der Waals surface area (Å²) < 4.78 is 32.4. The maximum Gasteiger partial charge on any atom is 0.200 e. The van der Waals surface area contributed by atoms with Crippen LogP contribution >= 0.6 is 0 Å². The van der Waals surface area contributed by atoms with Gasteiger partial charge < -0.3 is 4.42 Å². The van der Waals surface area contributed by atoms with E-state index in [0.29, 0.717) is 16.9 Å². The lowest BCUT2D eigenvalue weighted by molar-refractivity contribution is 0.571. The Morgan fingerprint density at radius 1 is 1.05 bits per heavy atom. The first-order chi connectivity index (χ1) is 10.1. The zero-order chi connectivity index (χ0) is 15.0. The van der Waals surface area contributed by atoms with Crippen molar-refractivity contribution in [3.63, 3.8) is 0 Å². The Morgan fingerprint density at radius 2 is 1.81 bits per heavy atom. The molecule has 0 bridgehead atoms. The zero-order valence-corrected chi connectivity index (χ0v) is 11.2. The third-order valence-corrected chi connectivity index (χ3v) is 3.26. The van der Waals surface area contributed by atoms with E-state index in [-0.39, 0.29) is 16.4 Å². The monoisotopic (exact) mass is 285 g/mol. The van der Waals surface area contributed by atoms with Gasteiger partial charge in [0, 0.05) is 6.42 Å². The molecule has 4 heteroatoms. The van der Waals surface area contributed by atoms with E-state index in [0.717, 1.165) is 6.07 Å². The van der Waals surface area contributed by atoms with Crippen LogP contribution < -0.4 is 5.43 Å². The third kappa shape index (κ3) is 2.33. The van der Waals surface area contributed by atoms with Crippen molar-refractivity contribution in [2.75, 3.05) is 0 Å². The van der Waals surface area contributed by atoms with Crippen LogP contribution in [-0.2, 0) is 0 Å². The second-order valence-corrected chi connectivity index (χ2v) is 4.61. The van der Waals surface area contributed by atoms with Gasteiger partial charge in [-0.25, -0.2) is 8.78 Å². The Labute approximate surface area is 119 Å². The fraction of sp³-hybridized carbons (Fsp3) is 0.0588. The van der Waals surface area contributed by atoms with Crippen molar-refractivity contribution < 1.29 is 13.2 Å². The number of benzene rings is 2. The van der Waals surface area contributed by atoms with Gasteiger partial charge in [0.1, 0.15) is 23.0 Å². The van der Waals surface area contributed by atoms with Gasteiger partial charge in [-0.15, -0.1) is 0 Å². The lowest BCUT2D eigenvalue weighted by Crippen LogP contribution is -2.08. The molecule has 0 fully saturated rings. The van der Waals surface area contributed by atoms with Gasteiger partial charge >= 0.3 is 0 Å².